The van der Waals surface area contributed by atoms with E-state index in [1.807, 2.05) is 23.1 Å². The van der Waals surface area contributed by atoms with Gasteiger partial charge in [-0.3, -0.25) is 4.79 Å². The first kappa shape index (κ1) is 25.1. The van der Waals surface area contributed by atoms with E-state index >= 15 is 0 Å². The van der Waals surface area contributed by atoms with Crippen molar-refractivity contribution in [3.8, 4) is 5.75 Å². The molecular formula is C32H37N3O2. The molecule has 0 aliphatic carbocycles. The summed E-state index contributed by atoms with van der Waals surface area (Å²) in [5.41, 5.74) is 5.64. The van der Waals surface area contributed by atoms with Gasteiger partial charge in [-0.15, -0.1) is 0 Å². The van der Waals surface area contributed by atoms with Gasteiger partial charge >= 0.3 is 0 Å². The first-order chi connectivity index (χ1) is 18.0. The minimum absolute atomic E-state index is 0.0840. The van der Waals surface area contributed by atoms with Crippen molar-refractivity contribution in [2.45, 2.75) is 64.8 Å². The van der Waals surface area contributed by atoms with Crippen LogP contribution >= 0.6 is 0 Å². The Balaban J connectivity index is 1.24. The van der Waals surface area contributed by atoms with Gasteiger partial charge in [-0.1, -0.05) is 50.2 Å². The van der Waals surface area contributed by atoms with Crippen LogP contribution < -0.4 is 9.64 Å². The van der Waals surface area contributed by atoms with Gasteiger partial charge < -0.3 is 14.2 Å². The summed E-state index contributed by atoms with van der Waals surface area (Å²) in [5.74, 6) is 2.78. The van der Waals surface area contributed by atoms with Crippen LogP contribution in [0.15, 0.2) is 72.8 Å². The Morgan fingerprint density at radius 1 is 1.03 bits per heavy atom. The molecule has 2 heterocycles. The number of nitrogens with zero attached hydrogens (tertiary/aromatic N) is 3. The van der Waals surface area contributed by atoms with Gasteiger partial charge in [0.05, 0.1) is 17.6 Å². The number of benzene rings is 3. The Kier molecular flexibility index (Phi) is 7.59. The largest absolute Gasteiger partial charge is 0.494 e. The number of para-hydroxylation sites is 2. The first-order valence-electron chi connectivity index (χ1n) is 13.6. The zero-order chi connectivity index (χ0) is 25.8. The van der Waals surface area contributed by atoms with Gasteiger partial charge in [-0.05, 0) is 79.6 Å². The summed E-state index contributed by atoms with van der Waals surface area (Å²) in [5, 5.41) is 0. The second-order valence-electron chi connectivity index (χ2n) is 10.3. The Morgan fingerprint density at radius 3 is 2.62 bits per heavy atom. The third kappa shape index (κ3) is 5.56. The van der Waals surface area contributed by atoms with Gasteiger partial charge in [-0.25, -0.2) is 4.98 Å². The molecule has 0 saturated carbocycles. The quantitative estimate of drug-likeness (QED) is 0.218. The summed E-state index contributed by atoms with van der Waals surface area (Å²) in [7, 11) is 0. The number of aromatic nitrogens is 2. The highest BCUT2D eigenvalue weighted by Crippen LogP contribution is 2.33. The molecule has 2 atom stereocenters. The Labute approximate surface area is 220 Å². The molecule has 5 heteroatoms. The molecule has 1 fully saturated rings. The average Bonchev–Trinajstić information content (AvgIpc) is 3.49. The highest BCUT2D eigenvalue weighted by molar-refractivity contribution is 5.96. The third-order valence-corrected chi connectivity index (χ3v) is 7.59. The fourth-order valence-corrected chi connectivity index (χ4v) is 5.26. The summed E-state index contributed by atoms with van der Waals surface area (Å²) in [6, 6.07) is 25.0. The summed E-state index contributed by atoms with van der Waals surface area (Å²) >= 11 is 0. The topological polar surface area (TPSA) is 47.4 Å². The molecule has 0 radical (unpaired) electrons. The maximum Gasteiger partial charge on any atom is 0.227 e. The van der Waals surface area contributed by atoms with E-state index < -0.39 is 0 Å². The van der Waals surface area contributed by atoms with E-state index in [-0.39, 0.29) is 11.8 Å². The summed E-state index contributed by atoms with van der Waals surface area (Å²) in [6.45, 7) is 8.75. The smallest absolute Gasteiger partial charge is 0.227 e. The van der Waals surface area contributed by atoms with E-state index in [4.69, 9.17) is 9.72 Å². The summed E-state index contributed by atoms with van der Waals surface area (Å²) in [6.07, 6.45) is 3.58. The molecule has 1 aromatic heterocycles. The molecule has 1 aliphatic heterocycles. The zero-order valence-corrected chi connectivity index (χ0v) is 22.2. The Hall–Kier alpha value is -3.60. The number of carbonyl (C=O) groups excluding carboxylic acids is 1. The maximum atomic E-state index is 13.0. The highest BCUT2D eigenvalue weighted by atomic mass is 16.5. The molecule has 1 saturated heterocycles. The van der Waals surface area contributed by atoms with Crippen molar-refractivity contribution in [1.82, 2.24) is 9.55 Å². The minimum Gasteiger partial charge on any atom is -0.494 e. The lowest BCUT2D eigenvalue weighted by molar-refractivity contribution is -0.117. The van der Waals surface area contributed by atoms with Crippen LogP contribution in [0.5, 0.6) is 5.75 Å². The predicted octanol–water partition coefficient (Wildman–Crippen LogP) is 7.24. The second-order valence-corrected chi connectivity index (χ2v) is 10.3. The molecule has 37 heavy (non-hydrogen) atoms. The number of ether oxygens (including phenoxy) is 1. The molecule has 1 aliphatic rings. The fourth-order valence-electron chi connectivity index (χ4n) is 5.26. The fraction of sp³-hybridized carbons (Fsp3) is 0.375. The van der Waals surface area contributed by atoms with Crippen molar-refractivity contribution in [1.29, 1.82) is 0 Å². The molecule has 2 unspecified atom stereocenters. The summed E-state index contributed by atoms with van der Waals surface area (Å²) in [4.78, 5) is 19.9. The molecular weight excluding hydrogens is 458 g/mol. The second kappa shape index (κ2) is 11.2. The van der Waals surface area contributed by atoms with E-state index in [0.29, 0.717) is 25.5 Å². The lowest BCUT2D eigenvalue weighted by Gasteiger charge is -2.18. The van der Waals surface area contributed by atoms with Crippen molar-refractivity contribution < 1.29 is 9.53 Å². The van der Waals surface area contributed by atoms with Crippen molar-refractivity contribution in [3.63, 3.8) is 0 Å². The molecule has 4 aromatic rings. The van der Waals surface area contributed by atoms with Crippen LogP contribution in [-0.4, -0.2) is 28.6 Å². The number of aryl methyl sites for hydroxylation is 2. The van der Waals surface area contributed by atoms with Crippen LogP contribution in [0.2, 0.25) is 0 Å². The van der Waals surface area contributed by atoms with E-state index in [9.17, 15) is 4.79 Å². The molecule has 5 rings (SSSR count). The number of unbranched alkanes of at least 4 members (excludes halogenated alkanes) is 1. The summed E-state index contributed by atoms with van der Waals surface area (Å²) < 4.78 is 8.35. The molecule has 0 bridgehead atoms. The van der Waals surface area contributed by atoms with Crippen LogP contribution in [0.4, 0.5) is 5.69 Å². The number of anilines is 1. The van der Waals surface area contributed by atoms with Gasteiger partial charge in [0.2, 0.25) is 5.91 Å². The van der Waals surface area contributed by atoms with Gasteiger partial charge in [0.25, 0.3) is 0 Å². The predicted molar refractivity (Wildman–Crippen MR) is 150 cm³/mol. The maximum absolute atomic E-state index is 13.0. The standard InChI is InChI=1S/C32H37N3O2/c1-4-24(3)25-14-16-28(17-15-25)37-19-8-7-18-34-30-13-6-5-12-29(30)33-32(34)26-21-31(36)35(22-26)27-11-9-10-23(2)20-27/h5-6,9-17,20,24,26H,4,7-8,18-19,21-22H2,1-3H3. The Bertz CT molecular complexity index is 1360. The van der Waals surface area contributed by atoms with E-state index in [1.54, 1.807) is 0 Å². The Morgan fingerprint density at radius 2 is 1.84 bits per heavy atom. The van der Waals surface area contributed by atoms with Crippen molar-refractivity contribution in [2.75, 3.05) is 18.1 Å². The molecule has 192 valence electrons. The first-order valence-corrected chi connectivity index (χ1v) is 13.6. The molecule has 0 N–H and O–H groups in total. The number of imidazole rings is 1. The number of rotatable bonds is 10. The van der Waals surface area contributed by atoms with Gasteiger partial charge in [0.15, 0.2) is 0 Å². The number of hydrogen-bond acceptors (Lipinski definition) is 3. The third-order valence-electron chi connectivity index (χ3n) is 7.59. The van der Waals surface area contributed by atoms with Crippen LogP contribution in [-0.2, 0) is 11.3 Å². The van der Waals surface area contributed by atoms with E-state index in [1.165, 1.54) is 5.56 Å². The monoisotopic (exact) mass is 495 g/mol. The number of fused-ring (bicyclic) bond motifs is 1. The normalized spacial score (nSPS) is 16.5. The average molecular weight is 496 g/mol. The van der Waals surface area contributed by atoms with Gasteiger partial charge in [-0.2, -0.15) is 0 Å². The lowest BCUT2D eigenvalue weighted by atomic mass is 9.99. The van der Waals surface area contributed by atoms with Gasteiger partial charge in [0.1, 0.15) is 11.6 Å². The minimum atomic E-state index is 0.0840. The van der Waals surface area contributed by atoms with Gasteiger partial charge in [0, 0.05) is 31.1 Å². The molecule has 5 nitrogen and oxygen atoms in total. The van der Waals surface area contributed by atoms with Crippen molar-refractivity contribution in [3.05, 3.63) is 89.7 Å². The van der Waals surface area contributed by atoms with Crippen LogP contribution in [0.3, 0.4) is 0 Å². The number of carbonyl (C=O) groups is 1. The van der Waals surface area contributed by atoms with Crippen LogP contribution in [0, 0.1) is 6.92 Å². The molecule has 3 aromatic carbocycles. The van der Waals surface area contributed by atoms with Crippen molar-refractivity contribution in [2.24, 2.45) is 0 Å². The van der Waals surface area contributed by atoms with Crippen LogP contribution in [0.25, 0.3) is 11.0 Å². The SMILES string of the molecule is CCC(C)c1ccc(OCCCCn2c(C3CC(=O)N(c4cccc(C)c4)C3)nc3ccccc32)cc1. The molecule has 1 amide bonds. The van der Waals surface area contributed by atoms with Crippen molar-refractivity contribution >= 4 is 22.6 Å². The lowest BCUT2D eigenvalue weighted by Crippen LogP contribution is -2.24. The molecule has 0 spiro atoms. The van der Waals surface area contributed by atoms with E-state index in [0.717, 1.165) is 59.7 Å². The number of amides is 1. The zero-order valence-electron chi connectivity index (χ0n) is 22.2. The van der Waals surface area contributed by atoms with Crippen LogP contribution in [0.1, 0.15) is 68.3 Å². The highest BCUT2D eigenvalue weighted by Gasteiger charge is 2.34. The van der Waals surface area contributed by atoms with E-state index in [2.05, 4.69) is 79.9 Å². The number of hydrogen-bond donors (Lipinski definition) is 0.